The lowest BCUT2D eigenvalue weighted by molar-refractivity contribution is -0.164. The second-order valence-electron chi connectivity index (χ2n) is 10.4. The number of hydrogen-bond donors (Lipinski definition) is 0. The molecule has 2 heterocycles. The van der Waals surface area contributed by atoms with Crippen LogP contribution in [0.5, 0.6) is 0 Å². The highest BCUT2D eigenvalue weighted by atomic mass is 16.6. The van der Waals surface area contributed by atoms with Crippen LogP contribution in [0, 0.1) is 6.92 Å². The number of hydrogen-bond acceptors (Lipinski definition) is 7. The molecule has 0 unspecified atom stereocenters. The number of amides is 2. The van der Waals surface area contributed by atoms with Gasteiger partial charge in [0, 0.05) is 26.0 Å². The number of carbonyl (C=O) groups excluding carboxylic acids is 3. The summed E-state index contributed by atoms with van der Waals surface area (Å²) >= 11 is 0. The Kier molecular flexibility index (Phi) is 10.4. The molecule has 3 atom stereocenters. The van der Waals surface area contributed by atoms with Crippen molar-refractivity contribution in [2.45, 2.75) is 77.5 Å². The van der Waals surface area contributed by atoms with E-state index in [0.29, 0.717) is 6.42 Å². The van der Waals surface area contributed by atoms with Crippen molar-refractivity contribution < 1.29 is 33.0 Å². The Morgan fingerprint density at radius 2 is 1.78 bits per heavy atom. The molecule has 0 saturated carbocycles. The lowest BCUT2D eigenvalue weighted by Crippen LogP contribution is -2.45. The summed E-state index contributed by atoms with van der Waals surface area (Å²) in [5, 5.41) is 0. The zero-order valence-corrected chi connectivity index (χ0v) is 24.3. The maximum Gasteiger partial charge on any atom is 0.417 e. The first-order valence-corrected chi connectivity index (χ1v) is 14.3. The molecule has 1 saturated heterocycles. The number of furan rings is 1. The smallest absolute Gasteiger partial charge is 0.417 e. The van der Waals surface area contributed by atoms with Crippen molar-refractivity contribution in [2.24, 2.45) is 0 Å². The van der Waals surface area contributed by atoms with Crippen molar-refractivity contribution >= 4 is 18.0 Å². The number of methoxy groups -OCH3 is 1. The van der Waals surface area contributed by atoms with Crippen molar-refractivity contribution in [3.05, 3.63) is 83.3 Å². The molecule has 8 nitrogen and oxygen atoms in total. The Balaban J connectivity index is 1.69. The van der Waals surface area contributed by atoms with Crippen molar-refractivity contribution in [1.29, 1.82) is 0 Å². The molecule has 1 fully saturated rings. The van der Waals surface area contributed by atoms with Crippen LogP contribution in [0.4, 0.5) is 4.79 Å². The minimum Gasteiger partial charge on any atom is -0.461 e. The van der Waals surface area contributed by atoms with Crippen LogP contribution in [0.3, 0.4) is 0 Å². The van der Waals surface area contributed by atoms with Crippen LogP contribution in [0.2, 0.25) is 0 Å². The van der Waals surface area contributed by atoms with Gasteiger partial charge in [0.2, 0.25) is 0 Å². The molecule has 4 rings (SSSR count). The molecule has 0 radical (unpaired) electrons. The van der Waals surface area contributed by atoms with Gasteiger partial charge < -0.3 is 18.6 Å². The summed E-state index contributed by atoms with van der Waals surface area (Å²) in [4.78, 5) is 40.0. The zero-order chi connectivity index (χ0) is 29.4. The molecule has 2 amide bonds. The van der Waals surface area contributed by atoms with Crippen molar-refractivity contribution in [2.75, 3.05) is 13.7 Å². The fourth-order valence-corrected chi connectivity index (χ4v) is 5.25. The van der Waals surface area contributed by atoms with E-state index in [1.54, 1.807) is 0 Å². The second kappa shape index (κ2) is 14.1. The summed E-state index contributed by atoms with van der Waals surface area (Å²) in [6, 6.07) is 18.4. The van der Waals surface area contributed by atoms with E-state index in [1.165, 1.54) is 20.5 Å². The Morgan fingerprint density at radius 3 is 2.46 bits per heavy atom. The monoisotopic (exact) mass is 561 g/mol. The quantitative estimate of drug-likeness (QED) is 0.162. The SMILES string of the molecule is CCCCCCCc1oc([C@@H](OC(C)=O)[C@H](OC)C(=O)N2C(=O)OC[C@@H]2c2ccccc2)cc1-c1cccc(C)c1. The molecule has 218 valence electrons. The van der Waals surface area contributed by atoms with E-state index in [0.717, 1.165) is 58.6 Å². The third-order valence-corrected chi connectivity index (χ3v) is 7.31. The van der Waals surface area contributed by atoms with Crippen LogP contribution in [-0.4, -0.2) is 42.7 Å². The molecule has 1 aliphatic rings. The fraction of sp³-hybridized carbons (Fsp3) is 0.424. The van der Waals surface area contributed by atoms with Crippen LogP contribution >= 0.6 is 0 Å². The molecular formula is C33H39NO7. The van der Waals surface area contributed by atoms with Gasteiger partial charge in [0.05, 0.1) is 0 Å². The molecule has 1 aliphatic heterocycles. The molecule has 2 aromatic carbocycles. The Morgan fingerprint density at radius 1 is 1.02 bits per heavy atom. The minimum absolute atomic E-state index is 0.0176. The van der Waals surface area contributed by atoms with E-state index in [-0.39, 0.29) is 12.4 Å². The summed E-state index contributed by atoms with van der Waals surface area (Å²) < 4.78 is 22.9. The zero-order valence-electron chi connectivity index (χ0n) is 24.3. The van der Waals surface area contributed by atoms with E-state index in [4.69, 9.17) is 18.6 Å². The van der Waals surface area contributed by atoms with E-state index < -0.39 is 36.2 Å². The Labute approximate surface area is 241 Å². The van der Waals surface area contributed by atoms with Gasteiger partial charge in [-0.3, -0.25) is 9.59 Å². The van der Waals surface area contributed by atoms with Gasteiger partial charge in [-0.25, -0.2) is 9.69 Å². The number of cyclic esters (lactones) is 1. The summed E-state index contributed by atoms with van der Waals surface area (Å²) in [5.74, 6) is -0.249. The topological polar surface area (TPSA) is 95.3 Å². The molecule has 0 bridgehead atoms. The number of carbonyl (C=O) groups is 3. The van der Waals surface area contributed by atoms with Gasteiger partial charge >= 0.3 is 12.1 Å². The molecule has 8 heteroatoms. The van der Waals surface area contributed by atoms with Gasteiger partial charge in [0.25, 0.3) is 5.91 Å². The Bertz CT molecular complexity index is 1330. The third kappa shape index (κ3) is 7.24. The average molecular weight is 562 g/mol. The number of imide groups is 1. The molecule has 1 aromatic heterocycles. The maximum atomic E-state index is 13.9. The number of benzene rings is 2. The van der Waals surface area contributed by atoms with Gasteiger partial charge in [-0.15, -0.1) is 0 Å². The lowest BCUT2D eigenvalue weighted by atomic mass is 9.99. The largest absolute Gasteiger partial charge is 0.461 e. The second-order valence-corrected chi connectivity index (χ2v) is 10.4. The summed E-state index contributed by atoms with van der Waals surface area (Å²) in [6.45, 7) is 5.49. The van der Waals surface area contributed by atoms with Crippen molar-refractivity contribution in [1.82, 2.24) is 4.90 Å². The van der Waals surface area contributed by atoms with Crippen molar-refractivity contribution in [3.63, 3.8) is 0 Å². The van der Waals surface area contributed by atoms with Gasteiger partial charge in [0.15, 0.2) is 12.2 Å². The first-order chi connectivity index (χ1) is 19.8. The highest BCUT2D eigenvalue weighted by molar-refractivity contribution is 5.96. The van der Waals surface area contributed by atoms with Crippen LogP contribution in [0.15, 0.2) is 65.1 Å². The predicted octanol–water partition coefficient (Wildman–Crippen LogP) is 7.11. The number of esters is 1. The first-order valence-electron chi connectivity index (χ1n) is 14.3. The molecule has 0 aliphatic carbocycles. The molecule has 0 N–H and O–H groups in total. The van der Waals surface area contributed by atoms with Crippen LogP contribution in [0.1, 0.15) is 80.7 Å². The van der Waals surface area contributed by atoms with E-state index in [2.05, 4.69) is 13.0 Å². The van der Waals surface area contributed by atoms with Crippen LogP contribution in [-0.2, 0) is 30.2 Å². The van der Waals surface area contributed by atoms with Gasteiger partial charge in [-0.2, -0.15) is 0 Å². The van der Waals surface area contributed by atoms with E-state index >= 15 is 0 Å². The number of aryl methyl sites for hydroxylation is 2. The van der Waals surface area contributed by atoms with Gasteiger partial charge in [0.1, 0.15) is 24.2 Å². The molecule has 3 aromatic rings. The number of ether oxygens (including phenoxy) is 3. The lowest BCUT2D eigenvalue weighted by Gasteiger charge is -2.28. The third-order valence-electron chi connectivity index (χ3n) is 7.31. The van der Waals surface area contributed by atoms with Gasteiger partial charge in [-0.1, -0.05) is 92.8 Å². The normalized spacial score (nSPS) is 16.3. The highest BCUT2D eigenvalue weighted by Crippen LogP contribution is 2.37. The highest BCUT2D eigenvalue weighted by Gasteiger charge is 2.46. The molecule has 41 heavy (non-hydrogen) atoms. The number of rotatable bonds is 13. The average Bonchev–Trinajstić information content (AvgIpc) is 3.56. The summed E-state index contributed by atoms with van der Waals surface area (Å²) in [5.41, 5.74) is 3.69. The fourth-order valence-electron chi connectivity index (χ4n) is 5.25. The summed E-state index contributed by atoms with van der Waals surface area (Å²) in [6.07, 6.45) is 2.86. The first kappa shape index (κ1) is 30.1. The minimum atomic E-state index is -1.34. The van der Waals surface area contributed by atoms with E-state index in [9.17, 15) is 14.4 Å². The van der Waals surface area contributed by atoms with Crippen LogP contribution in [0.25, 0.3) is 11.1 Å². The Hall–Kier alpha value is -3.91. The molecule has 0 spiro atoms. The number of nitrogens with zero attached hydrogens (tertiary/aromatic N) is 1. The molecular weight excluding hydrogens is 522 g/mol. The van der Waals surface area contributed by atoms with Crippen molar-refractivity contribution in [3.8, 4) is 11.1 Å². The van der Waals surface area contributed by atoms with Gasteiger partial charge in [-0.05, 0) is 30.5 Å². The van der Waals surface area contributed by atoms with E-state index in [1.807, 2.05) is 61.5 Å². The maximum absolute atomic E-state index is 13.9. The summed E-state index contributed by atoms with van der Waals surface area (Å²) in [7, 11) is 1.34. The number of unbranched alkanes of at least 4 members (excludes halogenated alkanes) is 4. The predicted molar refractivity (Wildman–Crippen MR) is 154 cm³/mol. The standard InChI is InChI=1S/C33H39NO7/c1-5-6-7-8-12-18-28-26(25-17-13-14-22(2)19-25)20-29(41-28)30(40-23(3)35)31(38-4)32(36)34-27(21-39-33(34)37)24-15-10-9-11-16-24/h9-11,13-17,19-20,27,30-31H,5-8,12,18,21H2,1-4H3/t27-,30-,31+/m1/s1. The van der Waals surface area contributed by atoms with Crippen LogP contribution < -0.4 is 0 Å².